The topological polar surface area (TPSA) is 40.5 Å². The second-order valence-corrected chi connectivity index (χ2v) is 4.15. The number of likely N-dealkylation sites (tertiary alicyclic amines) is 1. The highest BCUT2D eigenvalue weighted by atomic mass is 16.3. The van der Waals surface area contributed by atoms with Gasteiger partial charge in [-0.3, -0.25) is 4.79 Å². The first-order valence-corrected chi connectivity index (χ1v) is 5.58. The van der Waals surface area contributed by atoms with Crippen LogP contribution in [0.5, 0.6) is 0 Å². The molecule has 1 N–H and O–H groups in total. The van der Waals surface area contributed by atoms with Crippen molar-refractivity contribution in [2.45, 2.75) is 58.1 Å². The molecule has 1 amide bonds. The van der Waals surface area contributed by atoms with Crippen molar-refractivity contribution < 1.29 is 9.90 Å². The highest BCUT2D eigenvalue weighted by Crippen LogP contribution is 2.31. The molecule has 0 radical (unpaired) electrons. The number of nitrogens with zero attached hydrogens (tertiary/aromatic N) is 1. The van der Waals surface area contributed by atoms with Crippen molar-refractivity contribution in [1.82, 2.24) is 4.90 Å². The van der Waals surface area contributed by atoms with Crippen LogP contribution in [0, 0.1) is 0 Å². The summed E-state index contributed by atoms with van der Waals surface area (Å²) in [6.45, 7) is 6.87. The van der Waals surface area contributed by atoms with E-state index in [2.05, 4.69) is 20.8 Å². The number of hydrogen-bond donors (Lipinski definition) is 1. The molecule has 1 fully saturated rings. The first-order valence-electron chi connectivity index (χ1n) is 5.58. The summed E-state index contributed by atoms with van der Waals surface area (Å²) >= 11 is 0. The molecule has 0 aromatic carbocycles. The lowest BCUT2D eigenvalue weighted by molar-refractivity contribution is -0.133. The van der Waals surface area contributed by atoms with E-state index >= 15 is 0 Å². The number of β-amino-alcohol motifs (C(OH)–C–C–N with tert-alkyl or cyclic N) is 1. The smallest absolute Gasteiger partial charge is 0.225 e. The van der Waals surface area contributed by atoms with Gasteiger partial charge >= 0.3 is 0 Å². The van der Waals surface area contributed by atoms with Crippen LogP contribution in [-0.4, -0.2) is 34.1 Å². The number of carbonyl (C=O) groups is 1. The standard InChI is InChI=1S/C11H21NO2/c1-4-11(5-2,6-3)12-8-9(13)7-10(12)14/h9,13H,4-8H2,1-3H3. The molecule has 0 saturated carbocycles. The first-order chi connectivity index (χ1) is 6.59. The van der Waals surface area contributed by atoms with Crippen LogP contribution in [0.4, 0.5) is 0 Å². The van der Waals surface area contributed by atoms with Crippen LogP contribution in [0.15, 0.2) is 0 Å². The molecule has 0 aromatic heterocycles. The number of amides is 1. The van der Waals surface area contributed by atoms with Crippen LogP contribution in [0.3, 0.4) is 0 Å². The molecule has 1 saturated heterocycles. The zero-order valence-electron chi connectivity index (χ0n) is 9.42. The van der Waals surface area contributed by atoms with E-state index in [1.807, 2.05) is 4.90 Å². The summed E-state index contributed by atoms with van der Waals surface area (Å²) in [6, 6.07) is 0. The average molecular weight is 199 g/mol. The molecular weight excluding hydrogens is 178 g/mol. The Kier molecular flexibility index (Phi) is 3.53. The van der Waals surface area contributed by atoms with Crippen molar-refractivity contribution in [2.24, 2.45) is 0 Å². The third-order valence-corrected chi connectivity index (χ3v) is 3.65. The van der Waals surface area contributed by atoms with Crippen LogP contribution in [0.1, 0.15) is 46.5 Å². The first kappa shape index (κ1) is 11.5. The highest BCUT2D eigenvalue weighted by molar-refractivity contribution is 5.79. The fourth-order valence-corrected chi connectivity index (χ4v) is 2.47. The van der Waals surface area contributed by atoms with E-state index in [4.69, 9.17) is 0 Å². The van der Waals surface area contributed by atoms with Crippen molar-refractivity contribution in [3.05, 3.63) is 0 Å². The van der Waals surface area contributed by atoms with Crippen molar-refractivity contribution >= 4 is 5.91 Å². The SMILES string of the molecule is CCC(CC)(CC)N1CC(O)CC1=O. The molecule has 0 aliphatic carbocycles. The van der Waals surface area contributed by atoms with Gasteiger partial charge < -0.3 is 10.0 Å². The van der Waals surface area contributed by atoms with Gasteiger partial charge in [0, 0.05) is 12.1 Å². The summed E-state index contributed by atoms with van der Waals surface area (Å²) in [7, 11) is 0. The number of aliphatic hydroxyl groups excluding tert-OH is 1. The van der Waals surface area contributed by atoms with E-state index in [9.17, 15) is 9.90 Å². The Morgan fingerprint density at radius 1 is 1.36 bits per heavy atom. The third-order valence-electron chi connectivity index (χ3n) is 3.65. The Balaban J connectivity index is 2.83. The van der Waals surface area contributed by atoms with E-state index < -0.39 is 6.10 Å². The molecule has 3 nitrogen and oxygen atoms in total. The Labute approximate surface area is 86.1 Å². The molecular formula is C11H21NO2. The van der Waals surface area contributed by atoms with Gasteiger partial charge in [0.25, 0.3) is 0 Å². The van der Waals surface area contributed by atoms with Gasteiger partial charge in [0.05, 0.1) is 12.5 Å². The predicted molar refractivity (Wildman–Crippen MR) is 55.9 cm³/mol. The van der Waals surface area contributed by atoms with E-state index in [0.717, 1.165) is 19.3 Å². The second-order valence-electron chi connectivity index (χ2n) is 4.15. The molecule has 1 unspecified atom stereocenters. The Bertz CT molecular complexity index is 203. The molecule has 82 valence electrons. The summed E-state index contributed by atoms with van der Waals surface area (Å²) in [5.74, 6) is 0.114. The van der Waals surface area contributed by atoms with Gasteiger partial charge in [0.2, 0.25) is 5.91 Å². The number of carbonyl (C=O) groups excluding carboxylic acids is 1. The largest absolute Gasteiger partial charge is 0.391 e. The van der Waals surface area contributed by atoms with E-state index in [-0.39, 0.29) is 11.4 Å². The van der Waals surface area contributed by atoms with Crippen LogP contribution in [-0.2, 0) is 4.79 Å². The minimum Gasteiger partial charge on any atom is -0.391 e. The lowest BCUT2D eigenvalue weighted by Gasteiger charge is -2.40. The Morgan fingerprint density at radius 2 is 1.86 bits per heavy atom. The average Bonchev–Trinajstić information content (AvgIpc) is 2.51. The van der Waals surface area contributed by atoms with Gasteiger partial charge in [-0.05, 0) is 19.3 Å². The third kappa shape index (κ3) is 1.78. The lowest BCUT2D eigenvalue weighted by atomic mass is 9.88. The fourth-order valence-electron chi connectivity index (χ4n) is 2.47. The molecule has 14 heavy (non-hydrogen) atoms. The highest BCUT2D eigenvalue weighted by Gasteiger charge is 2.40. The summed E-state index contributed by atoms with van der Waals surface area (Å²) in [6.07, 6.45) is 2.77. The molecule has 1 atom stereocenters. The van der Waals surface area contributed by atoms with E-state index in [0.29, 0.717) is 13.0 Å². The lowest BCUT2D eigenvalue weighted by Crippen LogP contribution is -2.48. The molecule has 1 aliphatic rings. The van der Waals surface area contributed by atoms with E-state index in [1.54, 1.807) is 0 Å². The van der Waals surface area contributed by atoms with Gasteiger partial charge in [-0.2, -0.15) is 0 Å². The van der Waals surface area contributed by atoms with Crippen molar-refractivity contribution in [1.29, 1.82) is 0 Å². The van der Waals surface area contributed by atoms with Gasteiger partial charge in [-0.25, -0.2) is 0 Å². The Hall–Kier alpha value is -0.570. The van der Waals surface area contributed by atoms with Crippen molar-refractivity contribution in [3.63, 3.8) is 0 Å². The van der Waals surface area contributed by atoms with Gasteiger partial charge in [-0.15, -0.1) is 0 Å². The molecule has 0 aromatic rings. The zero-order valence-corrected chi connectivity index (χ0v) is 9.42. The minimum absolute atomic E-state index is 0.0193. The maximum atomic E-state index is 11.7. The number of aliphatic hydroxyl groups is 1. The summed E-state index contributed by atoms with van der Waals surface area (Å²) in [5, 5.41) is 9.46. The Morgan fingerprint density at radius 3 is 2.14 bits per heavy atom. The summed E-state index contributed by atoms with van der Waals surface area (Å²) in [4.78, 5) is 13.6. The van der Waals surface area contributed by atoms with Crippen molar-refractivity contribution in [3.8, 4) is 0 Å². The monoisotopic (exact) mass is 199 g/mol. The molecule has 1 aliphatic heterocycles. The maximum Gasteiger partial charge on any atom is 0.225 e. The van der Waals surface area contributed by atoms with Crippen LogP contribution in [0.2, 0.25) is 0 Å². The number of hydrogen-bond acceptors (Lipinski definition) is 2. The molecule has 0 bridgehead atoms. The fraction of sp³-hybridized carbons (Fsp3) is 0.909. The zero-order chi connectivity index (χ0) is 10.8. The van der Waals surface area contributed by atoms with Crippen LogP contribution >= 0.6 is 0 Å². The van der Waals surface area contributed by atoms with E-state index in [1.165, 1.54) is 0 Å². The van der Waals surface area contributed by atoms with Gasteiger partial charge in [0.15, 0.2) is 0 Å². The van der Waals surface area contributed by atoms with Gasteiger partial charge in [-0.1, -0.05) is 20.8 Å². The molecule has 1 heterocycles. The molecule has 1 rings (SSSR count). The summed E-state index contributed by atoms with van der Waals surface area (Å²) in [5.41, 5.74) is -0.0193. The van der Waals surface area contributed by atoms with Gasteiger partial charge in [0.1, 0.15) is 0 Å². The minimum atomic E-state index is -0.452. The second kappa shape index (κ2) is 4.30. The normalized spacial score (nSPS) is 23.3. The summed E-state index contributed by atoms with van der Waals surface area (Å²) < 4.78 is 0. The van der Waals surface area contributed by atoms with Crippen LogP contribution in [0.25, 0.3) is 0 Å². The molecule has 0 spiro atoms. The quantitative estimate of drug-likeness (QED) is 0.746. The van der Waals surface area contributed by atoms with Crippen molar-refractivity contribution in [2.75, 3.05) is 6.54 Å². The maximum absolute atomic E-state index is 11.7. The van der Waals surface area contributed by atoms with Crippen LogP contribution < -0.4 is 0 Å². The predicted octanol–water partition coefficient (Wildman–Crippen LogP) is 1.55. The molecule has 3 heteroatoms. The number of rotatable bonds is 4.